The number of hydrogen-bond acceptors (Lipinski definition) is 17. The molecule has 2 bridgehead atoms. The Bertz CT molecular complexity index is 2490. The molecule has 8 unspecified atom stereocenters. The number of carbonyl (C=O) groups is 4. The molecule has 3 aromatic carbocycles. The standard InChI is InChI=1S/C43H43N5O15/c44-42-46-39-32(40(58)47-42)45-19-48(39)28-4-2-1-3-24(28)30-21(7-10-49)16-60-18-29-35(56)38(57)43(59,9-12-51)41(62-29)63-36-27(30)14-26-31(37(36)61-17-22(53)8-11-50)34(55)25-13-20(15-52)5-6-23(25)33(26)54/h1-6,11,13-14,16,22,29-30,35,38,41,49,51-53,56-57,59H,7-10,12,15,17-19H2,(H2,44,47,58)/p+1. The molecule has 1 saturated heterocycles. The van der Waals surface area contributed by atoms with Crippen molar-refractivity contribution in [2.75, 3.05) is 33.1 Å². The summed E-state index contributed by atoms with van der Waals surface area (Å²) in [5.41, 5.74) is -1.80. The fourth-order valence-corrected chi connectivity index (χ4v) is 8.58. The van der Waals surface area contributed by atoms with Crippen molar-refractivity contribution in [3.8, 4) is 11.5 Å². The van der Waals surface area contributed by atoms with Gasteiger partial charge in [0.25, 0.3) is 11.7 Å². The number of para-hydroxylation sites is 1. The van der Waals surface area contributed by atoms with Crippen molar-refractivity contribution in [2.45, 2.75) is 68.1 Å². The summed E-state index contributed by atoms with van der Waals surface area (Å²) in [4.78, 5) is 63.0. The number of aliphatic hydroxyl groups is 7. The summed E-state index contributed by atoms with van der Waals surface area (Å²) in [7, 11) is 0. The summed E-state index contributed by atoms with van der Waals surface area (Å²) in [6, 6.07) is 12.4. The largest absolute Gasteiger partial charge is 0.498 e. The third kappa shape index (κ3) is 7.64. The van der Waals surface area contributed by atoms with E-state index in [1.165, 1.54) is 30.5 Å². The zero-order valence-corrected chi connectivity index (χ0v) is 33.4. The molecule has 5 aliphatic rings. The van der Waals surface area contributed by atoms with Crippen molar-refractivity contribution in [1.29, 1.82) is 5.41 Å². The van der Waals surface area contributed by atoms with Gasteiger partial charge in [0.2, 0.25) is 18.0 Å². The third-order valence-electron chi connectivity index (χ3n) is 11.7. The monoisotopic (exact) mass is 870 g/mol. The van der Waals surface area contributed by atoms with Crippen molar-refractivity contribution < 1.29 is 78.8 Å². The SMILES string of the molecule is N=C1N=C2C(=NC[NH+]2c2ccccc2C2C(CCO)=COCC3OC(Oc4c2cc2c(c4OCC(O)CC=O)C(=O)c4cc(CO)ccc4C2=O)C(O)(CCO)C(O)C3O)C(=O)N1. The first-order valence-corrected chi connectivity index (χ1v) is 20.0. The van der Waals surface area contributed by atoms with E-state index >= 15 is 0 Å². The molecule has 0 saturated carbocycles. The highest BCUT2D eigenvalue weighted by Crippen LogP contribution is 2.51. The third-order valence-corrected chi connectivity index (χ3v) is 11.7. The number of guanidine groups is 1. The summed E-state index contributed by atoms with van der Waals surface area (Å²) in [5, 5.41) is 86.8. The maximum Gasteiger partial charge on any atom is 0.284 e. The maximum absolute atomic E-state index is 14.8. The lowest BCUT2D eigenvalue weighted by Crippen LogP contribution is -3.09. The van der Waals surface area contributed by atoms with Crippen LogP contribution in [0.5, 0.6) is 11.5 Å². The predicted octanol–water partition coefficient (Wildman–Crippen LogP) is -1.96. The van der Waals surface area contributed by atoms with E-state index in [0.717, 1.165) is 0 Å². The second-order valence-electron chi connectivity index (χ2n) is 15.6. The second kappa shape index (κ2) is 17.6. The molecule has 1 aliphatic carbocycles. The van der Waals surface area contributed by atoms with Crippen LogP contribution in [-0.2, 0) is 25.7 Å². The van der Waals surface area contributed by atoms with Crippen LogP contribution in [0.3, 0.4) is 0 Å². The lowest BCUT2D eigenvalue weighted by Gasteiger charge is -2.47. The topological polar surface area (TPSA) is 312 Å². The molecule has 330 valence electrons. The number of carbonyl (C=O) groups excluding carboxylic acids is 4. The van der Waals surface area contributed by atoms with Crippen LogP contribution in [0.4, 0.5) is 5.69 Å². The average Bonchev–Trinajstić information content (AvgIpc) is 3.69. The van der Waals surface area contributed by atoms with Crippen molar-refractivity contribution in [3.63, 3.8) is 0 Å². The smallest absolute Gasteiger partial charge is 0.284 e. The molecule has 20 nitrogen and oxygen atoms in total. The minimum atomic E-state index is -2.56. The first-order chi connectivity index (χ1) is 30.3. The quantitative estimate of drug-likeness (QED) is 0.0692. The molecule has 10 N–H and O–H groups in total. The Balaban J connectivity index is 1.45. The van der Waals surface area contributed by atoms with Crippen LogP contribution in [0.15, 0.2) is 70.4 Å². The van der Waals surface area contributed by atoms with Crippen molar-refractivity contribution in [1.82, 2.24) is 5.32 Å². The number of aliphatic hydroxyl groups excluding tert-OH is 6. The number of amides is 1. The van der Waals surface area contributed by atoms with E-state index in [2.05, 4.69) is 15.3 Å². The molecule has 63 heavy (non-hydrogen) atoms. The molecule has 4 heterocycles. The fourth-order valence-electron chi connectivity index (χ4n) is 8.58. The zero-order valence-electron chi connectivity index (χ0n) is 33.4. The number of ether oxygens (including phenoxy) is 4. The number of rotatable bonds is 12. The summed E-state index contributed by atoms with van der Waals surface area (Å²) >= 11 is 0. The highest BCUT2D eigenvalue weighted by atomic mass is 16.7. The summed E-state index contributed by atoms with van der Waals surface area (Å²) in [5.74, 6) is -4.39. The highest BCUT2D eigenvalue weighted by Gasteiger charge is 2.57. The zero-order chi connectivity index (χ0) is 44.7. The number of quaternary nitrogens is 1. The van der Waals surface area contributed by atoms with Crippen LogP contribution in [0.2, 0.25) is 0 Å². The number of fused-ring (bicyclic) bond motifs is 6. The van der Waals surface area contributed by atoms with Crippen molar-refractivity contribution in [3.05, 3.63) is 99.3 Å². The van der Waals surface area contributed by atoms with E-state index in [9.17, 15) is 54.9 Å². The first-order valence-electron chi connectivity index (χ1n) is 20.0. The molecule has 8 rings (SSSR count). The molecule has 0 radical (unpaired) electrons. The molecule has 3 aromatic rings. The Kier molecular flexibility index (Phi) is 12.2. The molecule has 4 aliphatic heterocycles. The number of benzene rings is 3. The van der Waals surface area contributed by atoms with Gasteiger partial charge >= 0.3 is 0 Å². The average molecular weight is 871 g/mol. The Morgan fingerprint density at radius 3 is 2.56 bits per heavy atom. The Labute approximate surface area is 357 Å². The van der Waals surface area contributed by atoms with Gasteiger partial charge in [-0.05, 0) is 41.8 Å². The van der Waals surface area contributed by atoms with Gasteiger partial charge in [0.05, 0.1) is 24.5 Å². The molecule has 1 fully saturated rings. The first kappa shape index (κ1) is 43.6. The van der Waals surface area contributed by atoms with Crippen LogP contribution < -0.4 is 19.7 Å². The number of nitrogens with one attached hydrogen (secondary N) is 3. The Morgan fingerprint density at radius 1 is 1.02 bits per heavy atom. The minimum absolute atomic E-state index is 0.00749. The summed E-state index contributed by atoms with van der Waals surface area (Å²) in [6.45, 7) is -2.83. The van der Waals surface area contributed by atoms with E-state index in [1.807, 2.05) is 0 Å². The van der Waals surface area contributed by atoms with E-state index in [1.54, 1.807) is 24.3 Å². The van der Waals surface area contributed by atoms with Crippen LogP contribution in [-0.4, -0.2) is 146 Å². The van der Waals surface area contributed by atoms with E-state index in [0.29, 0.717) is 33.6 Å². The van der Waals surface area contributed by atoms with Crippen molar-refractivity contribution >= 4 is 47.0 Å². The number of ketones is 2. The van der Waals surface area contributed by atoms with Gasteiger partial charge in [-0.1, -0.05) is 24.3 Å². The number of nitrogens with zero attached hydrogens (tertiary/aromatic N) is 2. The molecule has 20 heteroatoms. The van der Waals surface area contributed by atoms with Crippen LogP contribution in [0, 0.1) is 5.41 Å². The molecular weight excluding hydrogens is 826 g/mol. The van der Waals surface area contributed by atoms with Crippen molar-refractivity contribution in [2.24, 2.45) is 9.98 Å². The number of aldehydes is 1. The normalized spacial score (nSPS) is 26.8. The highest BCUT2D eigenvalue weighted by molar-refractivity contribution is 6.68. The Morgan fingerprint density at radius 2 is 1.81 bits per heavy atom. The molecule has 8 atom stereocenters. The van der Waals surface area contributed by atoms with Crippen LogP contribution >= 0.6 is 0 Å². The van der Waals surface area contributed by atoms with Gasteiger partial charge in [0.15, 0.2) is 35.3 Å². The van der Waals surface area contributed by atoms with Gasteiger partial charge in [0, 0.05) is 59.8 Å². The van der Waals surface area contributed by atoms with Gasteiger partial charge in [0.1, 0.15) is 43.5 Å². The van der Waals surface area contributed by atoms with Gasteiger partial charge < -0.3 is 59.5 Å². The van der Waals surface area contributed by atoms with Crippen LogP contribution in [0.1, 0.15) is 73.7 Å². The summed E-state index contributed by atoms with van der Waals surface area (Å²) in [6.07, 6.45) is -8.05. The van der Waals surface area contributed by atoms with Gasteiger partial charge in [-0.2, -0.15) is 4.99 Å². The second-order valence-corrected chi connectivity index (χ2v) is 15.6. The number of aliphatic imine (C=N–C) groups is 2. The Hall–Kier alpha value is -6.07. The molecule has 0 spiro atoms. The predicted molar refractivity (Wildman–Crippen MR) is 216 cm³/mol. The number of amidine groups is 1. The van der Waals surface area contributed by atoms with Gasteiger partial charge in [-0.25, -0.2) is 9.89 Å². The maximum atomic E-state index is 14.8. The van der Waals surface area contributed by atoms with Gasteiger partial charge in [-0.3, -0.25) is 25.1 Å². The van der Waals surface area contributed by atoms with E-state index < -0.39 is 123 Å². The van der Waals surface area contributed by atoms with Gasteiger partial charge in [-0.15, -0.1) is 0 Å². The molecule has 1 amide bonds. The van der Waals surface area contributed by atoms with E-state index in [4.69, 9.17) is 24.4 Å². The minimum Gasteiger partial charge on any atom is -0.498 e. The summed E-state index contributed by atoms with van der Waals surface area (Å²) < 4.78 is 25.1. The van der Waals surface area contributed by atoms with E-state index in [-0.39, 0.29) is 52.5 Å². The lowest BCUT2D eigenvalue weighted by atomic mass is 9.77. The van der Waals surface area contributed by atoms with Crippen LogP contribution in [0.25, 0.3) is 0 Å². The molecular formula is C43H44N5O15+. The lowest BCUT2D eigenvalue weighted by molar-refractivity contribution is -0.723. The fraction of sp³-hybridized carbons (Fsp3) is 0.372. The number of hydrogen-bond donors (Lipinski definition) is 10. The molecule has 0 aromatic heterocycles.